The van der Waals surface area contributed by atoms with Gasteiger partial charge >= 0.3 is 0 Å². The topological polar surface area (TPSA) is 35.6 Å². The lowest BCUT2D eigenvalue weighted by Gasteiger charge is -2.44. The van der Waals surface area contributed by atoms with Crippen molar-refractivity contribution in [3.8, 4) is 0 Å². The zero-order valence-electron chi connectivity index (χ0n) is 16.7. The molecule has 1 aliphatic rings. The number of piperazine rings is 1. The number of benzene rings is 2. The summed E-state index contributed by atoms with van der Waals surface area (Å²) in [6.45, 7) is 5.29. The molecule has 0 radical (unpaired) electrons. The van der Waals surface area contributed by atoms with Crippen LogP contribution < -0.4 is 10.2 Å². The summed E-state index contributed by atoms with van der Waals surface area (Å²) in [6.07, 6.45) is -3.01. The van der Waals surface area contributed by atoms with Crippen molar-refractivity contribution in [3.05, 3.63) is 57.6 Å². The third-order valence-electron chi connectivity index (χ3n) is 5.48. The standard InChI is InChI=1S/C21H22BrF4N3O/c1-11-9-29(10-12(2)28(11)3)19-8-17(24)16(22)7-18(19)27-21(30)14-5-4-13(23)6-15(14)20(25)26/h4-8,11-12,20H,9-10H2,1-3H3,(H,27,30)/t11-,12+. The number of anilines is 2. The van der Waals surface area contributed by atoms with Crippen molar-refractivity contribution in [1.29, 1.82) is 0 Å². The minimum atomic E-state index is -3.01. The van der Waals surface area contributed by atoms with Crippen LogP contribution in [0.4, 0.5) is 28.9 Å². The summed E-state index contributed by atoms with van der Waals surface area (Å²) in [6, 6.07) is 5.70. The SMILES string of the molecule is C[C@@H]1CN(c2cc(F)c(Br)cc2NC(=O)c2ccc(F)cc2C(F)F)C[C@H](C)N1C. The Kier molecular flexibility index (Phi) is 6.71. The van der Waals surface area contributed by atoms with Gasteiger partial charge in [-0.15, -0.1) is 0 Å². The van der Waals surface area contributed by atoms with Gasteiger partial charge in [0.1, 0.15) is 11.6 Å². The van der Waals surface area contributed by atoms with E-state index in [1.165, 1.54) is 12.1 Å². The molecule has 0 aliphatic carbocycles. The highest BCUT2D eigenvalue weighted by atomic mass is 79.9. The van der Waals surface area contributed by atoms with Crippen LogP contribution in [-0.4, -0.2) is 43.0 Å². The van der Waals surface area contributed by atoms with Crippen LogP contribution in [0.25, 0.3) is 0 Å². The van der Waals surface area contributed by atoms with Gasteiger partial charge in [0, 0.05) is 42.4 Å². The molecule has 2 atom stereocenters. The third-order valence-corrected chi connectivity index (χ3v) is 6.09. The summed E-state index contributed by atoms with van der Waals surface area (Å²) in [5, 5.41) is 2.60. The van der Waals surface area contributed by atoms with Crippen molar-refractivity contribution in [1.82, 2.24) is 4.90 Å². The molecular weight excluding hydrogens is 466 g/mol. The number of hydrogen-bond donors (Lipinski definition) is 1. The van der Waals surface area contributed by atoms with Gasteiger partial charge in [0.05, 0.1) is 15.8 Å². The summed E-state index contributed by atoms with van der Waals surface area (Å²) in [7, 11) is 2.01. The molecule has 0 aromatic heterocycles. The molecule has 1 heterocycles. The highest BCUT2D eigenvalue weighted by Gasteiger charge is 2.29. The molecule has 30 heavy (non-hydrogen) atoms. The van der Waals surface area contributed by atoms with E-state index in [-0.39, 0.29) is 27.8 Å². The van der Waals surface area contributed by atoms with Crippen LogP contribution in [-0.2, 0) is 0 Å². The van der Waals surface area contributed by atoms with Gasteiger partial charge < -0.3 is 10.2 Å². The second-order valence-electron chi connectivity index (χ2n) is 7.54. The van der Waals surface area contributed by atoms with Gasteiger partial charge in [0.25, 0.3) is 12.3 Å². The maximum atomic E-state index is 14.3. The predicted molar refractivity (Wildman–Crippen MR) is 112 cm³/mol. The first-order valence-corrected chi connectivity index (χ1v) is 10.2. The number of nitrogens with zero attached hydrogens (tertiary/aromatic N) is 2. The molecule has 4 nitrogen and oxygen atoms in total. The van der Waals surface area contributed by atoms with Crippen molar-refractivity contribution in [2.24, 2.45) is 0 Å². The van der Waals surface area contributed by atoms with E-state index < -0.39 is 29.5 Å². The first-order chi connectivity index (χ1) is 14.1. The summed E-state index contributed by atoms with van der Waals surface area (Å²) >= 11 is 3.11. The van der Waals surface area contributed by atoms with Gasteiger partial charge in [-0.1, -0.05) is 0 Å². The fraction of sp³-hybridized carbons (Fsp3) is 0.381. The van der Waals surface area contributed by atoms with Gasteiger partial charge in [0.15, 0.2) is 0 Å². The average Bonchev–Trinajstić information content (AvgIpc) is 2.68. The zero-order valence-corrected chi connectivity index (χ0v) is 18.3. The predicted octanol–water partition coefficient (Wildman–Crippen LogP) is 5.45. The molecule has 3 rings (SSSR count). The number of hydrogen-bond acceptors (Lipinski definition) is 3. The summed E-state index contributed by atoms with van der Waals surface area (Å²) < 4.78 is 54.4. The zero-order chi connectivity index (χ0) is 22.2. The molecule has 1 saturated heterocycles. The van der Waals surface area contributed by atoms with Crippen LogP contribution in [0, 0.1) is 11.6 Å². The Hall–Kier alpha value is -2.13. The monoisotopic (exact) mass is 487 g/mol. The van der Waals surface area contributed by atoms with Gasteiger partial charge in [-0.2, -0.15) is 0 Å². The number of rotatable bonds is 4. The molecular formula is C21H22BrF4N3O. The summed E-state index contributed by atoms with van der Waals surface area (Å²) in [5.41, 5.74) is -0.298. The van der Waals surface area contributed by atoms with Gasteiger partial charge in [0.2, 0.25) is 0 Å². The van der Waals surface area contributed by atoms with Crippen LogP contribution in [0.1, 0.15) is 36.2 Å². The number of carbonyl (C=O) groups excluding carboxylic acids is 1. The van der Waals surface area contributed by atoms with Crippen molar-refractivity contribution in [2.45, 2.75) is 32.4 Å². The minimum Gasteiger partial charge on any atom is -0.367 e. The van der Waals surface area contributed by atoms with E-state index in [0.717, 1.165) is 12.1 Å². The number of amides is 1. The smallest absolute Gasteiger partial charge is 0.264 e. The fourth-order valence-electron chi connectivity index (χ4n) is 3.61. The van der Waals surface area contributed by atoms with Gasteiger partial charge in [-0.25, -0.2) is 17.6 Å². The van der Waals surface area contributed by atoms with E-state index in [1.807, 2.05) is 25.8 Å². The number of likely N-dealkylation sites (N-methyl/N-ethyl adjacent to an activating group) is 1. The molecule has 1 N–H and O–H groups in total. The average molecular weight is 488 g/mol. The minimum absolute atomic E-state index is 0.130. The van der Waals surface area contributed by atoms with E-state index in [2.05, 4.69) is 26.1 Å². The molecule has 1 fully saturated rings. The molecule has 2 aromatic rings. The molecule has 1 amide bonds. The van der Waals surface area contributed by atoms with E-state index >= 15 is 0 Å². The van der Waals surface area contributed by atoms with E-state index in [0.29, 0.717) is 24.8 Å². The lowest BCUT2D eigenvalue weighted by molar-refractivity contribution is 0.101. The molecule has 1 aliphatic heterocycles. The first kappa shape index (κ1) is 22.6. The largest absolute Gasteiger partial charge is 0.367 e. The van der Waals surface area contributed by atoms with Crippen molar-refractivity contribution in [2.75, 3.05) is 30.4 Å². The fourth-order valence-corrected chi connectivity index (χ4v) is 3.95. The van der Waals surface area contributed by atoms with Crippen LogP contribution in [0.5, 0.6) is 0 Å². The van der Waals surface area contributed by atoms with Crippen LogP contribution in [0.2, 0.25) is 0 Å². The summed E-state index contributed by atoms with van der Waals surface area (Å²) in [5.74, 6) is -2.18. The van der Waals surface area contributed by atoms with Crippen molar-refractivity contribution < 1.29 is 22.4 Å². The quantitative estimate of drug-likeness (QED) is 0.582. The molecule has 0 unspecified atom stereocenters. The molecule has 0 saturated carbocycles. The second kappa shape index (κ2) is 8.93. The molecule has 0 spiro atoms. The maximum absolute atomic E-state index is 14.3. The number of carbonyl (C=O) groups is 1. The second-order valence-corrected chi connectivity index (χ2v) is 8.39. The van der Waals surface area contributed by atoms with E-state index in [4.69, 9.17) is 0 Å². The lowest BCUT2D eigenvalue weighted by atomic mass is 10.1. The van der Waals surface area contributed by atoms with Crippen LogP contribution >= 0.6 is 15.9 Å². The lowest BCUT2D eigenvalue weighted by Crippen LogP contribution is -2.55. The van der Waals surface area contributed by atoms with Gasteiger partial charge in [-0.3, -0.25) is 9.69 Å². The normalized spacial score (nSPS) is 20.0. The van der Waals surface area contributed by atoms with Crippen molar-refractivity contribution in [3.63, 3.8) is 0 Å². The molecule has 2 aromatic carbocycles. The Labute approximate surface area is 181 Å². The number of nitrogens with one attached hydrogen (secondary N) is 1. The third kappa shape index (κ3) is 4.62. The van der Waals surface area contributed by atoms with Crippen LogP contribution in [0.3, 0.4) is 0 Å². The Bertz CT molecular complexity index is 944. The van der Waals surface area contributed by atoms with E-state index in [9.17, 15) is 22.4 Å². The highest BCUT2D eigenvalue weighted by molar-refractivity contribution is 9.10. The number of halogens is 5. The van der Waals surface area contributed by atoms with E-state index in [1.54, 1.807) is 0 Å². The Morgan fingerprint density at radius 1 is 1.13 bits per heavy atom. The van der Waals surface area contributed by atoms with Crippen LogP contribution in [0.15, 0.2) is 34.8 Å². The molecule has 162 valence electrons. The Balaban J connectivity index is 1.97. The maximum Gasteiger partial charge on any atom is 0.264 e. The highest BCUT2D eigenvalue weighted by Crippen LogP contribution is 2.35. The first-order valence-electron chi connectivity index (χ1n) is 9.43. The number of alkyl halides is 2. The molecule has 9 heteroatoms. The molecule has 0 bridgehead atoms. The summed E-state index contributed by atoms with van der Waals surface area (Å²) in [4.78, 5) is 16.9. The van der Waals surface area contributed by atoms with Gasteiger partial charge in [-0.05, 0) is 61.1 Å². The van der Waals surface area contributed by atoms with Crippen molar-refractivity contribution >= 4 is 33.2 Å². The Morgan fingerprint density at radius 2 is 1.77 bits per heavy atom. The Morgan fingerprint density at radius 3 is 2.37 bits per heavy atom.